The Balaban J connectivity index is 1.18. The summed E-state index contributed by atoms with van der Waals surface area (Å²) >= 11 is 3.93. The van der Waals surface area contributed by atoms with Gasteiger partial charge >= 0.3 is 0 Å². The van der Waals surface area contributed by atoms with Crippen molar-refractivity contribution < 1.29 is 0 Å². The molecule has 0 saturated heterocycles. The van der Waals surface area contributed by atoms with Gasteiger partial charge in [0.15, 0.2) is 0 Å². The van der Waals surface area contributed by atoms with Crippen molar-refractivity contribution in [1.29, 1.82) is 0 Å². The Bertz CT molecular complexity index is 3230. The van der Waals surface area contributed by atoms with Crippen LogP contribution in [-0.4, -0.2) is 6.71 Å². The fourth-order valence-electron chi connectivity index (χ4n) is 10.2. The van der Waals surface area contributed by atoms with Crippen LogP contribution in [0.15, 0.2) is 189 Å². The van der Waals surface area contributed by atoms with Gasteiger partial charge in [-0.25, -0.2) is 0 Å². The smallest absolute Gasteiger partial charge is 0.0911 e. The van der Waals surface area contributed by atoms with Crippen molar-refractivity contribution in [3.05, 3.63) is 187 Å². The molecular formula is C62H55BS2. The molecule has 0 fully saturated rings. The molecule has 11 rings (SSSR count). The van der Waals surface area contributed by atoms with Gasteiger partial charge in [0.2, 0.25) is 6.71 Å². The molecule has 2 heterocycles. The highest BCUT2D eigenvalue weighted by Gasteiger charge is 2.39. The molecule has 65 heavy (non-hydrogen) atoms. The second-order valence-electron chi connectivity index (χ2n) is 21.4. The van der Waals surface area contributed by atoms with E-state index in [0.717, 1.165) is 0 Å². The van der Waals surface area contributed by atoms with Crippen molar-refractivity contribution >= 4 is 68.2 Å². The van der Waals surface area contributed by atoms with Crippen LogP contribution in [0.25, 0.3) is 66.1 Å². The van der Waals surface area contributed by atoms with E-state index in [4.69, 9.17) is 0 Å². The molecule has 0 nitrogen and oxygen atoms in total. The van der Waals surface area contributed by atoms with Crippen molar-refractivity contribution in [2.75, 3.05) is 0 Å². The molecule has 0 saturated carbocycles. The highest BCUT2D eigenvalue weighted by Crippen LogP contribution is 2.47. The van der Waals surface area contributed by atoms with E-state index < -0.39 is 0 Å². The molecule has 2 aliphatic rings. The zero-order chi connectivity index (χ0) is 45.0. The molecule has 0 atom stereocenters. The van der Waals surface area contributed by atoms with Gasteiger partial charge in [-0.3, -0.25) is 0 Å². The van der Waals surface area contributed by atoms with E-state index in [9.17, 15) is 0 Å². The number of benzene rings is 9. The first kappa shape index (κ1) is 41.9. The van der Waals surface area contributed by atoms with Gasteiger partial charge in [-0.1, -0.05) is 224 Å². The van der Waals surface area contributed by atoms with Gasteiger partial charge in [0, 0.05) is 19.6 Å². The normalized spacial score (nSPS) is 13.5. The Hall–Kier alpha value is -5.74. The lowest BCUT2D eigenvalue weighted by molar-refractivity contribution is 0.589. The van der Waals surface area contributed by atoms with Crippen LogP contribution in [0.1, 0.15) is 79.0 Å². The SMILES string of the molecule is CC(C)(C)c1cccc(-c2cc(-c3cc4c5c(c3)Sc3cc(C(C)(C)C)ccc3B5c3ccc(C(C)(C)C)cc3S4)cc(-c3c4ccccc4c(-c4ccccc4)c4ccccc34)c2)c1. The zero-order valence-electron chi connectivity index (χ0n) is 39.1. The topological polar surface area (TPSA) is 0 Å². The van der Waals surface area contributed by atoms with Crippen LogP contribution >= 0.6 is 23.5 Å². The second-order valence-corrected chi connectivity index (χ2v) is 23.5. The summed E-state index contributed by atoms with van der Waals surface area (Å²) in [6.07, 6.45) is 0. The van der Waals surface area contributed by atoms with Crippen molar-refractivity contribution in [3.63, 3.8) is 0 Å². The summed E-state index contributed by atoms with van der Waals surface area (Å²) < 4.78 is 0. The first-order chi connectivity index (χ1) is 31.1. The fraction of sp³-hybridized carbons (Fsp3) is 0.194. The van der Waals surface area contributed by atoms with E-state index in [1.54, 1.807) is 0 Å². The summed E-state index contributed by atoms with van der Waals surface area (Å²) in [5.74, 6) is 0. The third kappa shape index (κ3) is 7.36. The summed E-state index contributed by atoms with van der Waals surface area (Å²) in [5, 5.41) is 5.08. The lowest BCUT2D eigenvalue weighted by atomic mass is 9.36. The Morgan fingerprint density at radius 1 is 0.308 bits per heavy atom. The summed E-state index contributed by atoms with van der Waals surface area (Å²) in [5.41, 5.74) is 18.5. The van der Waals surface area contributed by atoms with Crippen LogP contribution in [0.4, 0.5) is 0 Å². The zero-order valence-corrected chi connectivity index (χ0v) is 40.7. The molecule has 0 N–H and O–H groups in total. The molecule has 0 amide bonds. The van der Waals surface area contributed by atoms with Crippen LogP contribution in [0, 0.1) is 0 Å². The molecule has 318 valence electrons. The predicted molar refractivity (Wildman–Crippen MR) is 285 cm³/mol. The first-order valence-corrected chi connectivity index (χ1v) is 24.8. The van der Waals surface area contributed by atoms with Crippen molar-refractivity contribution in [2.45, 2.75) is 98.1 Å². The minimum atomic E-state index is 0.0224. The Morgan fingerprint density at radius 2 is 0.708 bits per heavy atom. The molecule has 9 aromatic rings. The summed E-state index contributed by atoms with van der Waals surface area (Å²) in [4.78, 5) is 5.48. The average molecular weight is 875 g/mol. The van der Waals surface area contributed by atoms with E-state index in [0.29, 0.717) is 0 Å². The quantitative estimate of drug-likeness (QED) is 0.128. The van der Waals surface area contributed by atoms with Crippen LogP contribution in [0.3, 0.4) is 0 Å². The first-order valence-electron chi connectivity index (χ1n) is 23.2. The average Bonchev–Trinajstić information content (AvgIpc) is 3.29. The van der Waals surface area contributed by atoms with Gasteiger partial charge in [0.05, 0.1) is 0 Å². The van der Waals surface area contributed by atoms with Gasteiger partial charge in [-0.05, 0) is 147 Å². The van der Waals surface area contributed by atoms with Gasteiger partial charge < -0.3 is 0 Å². The molecule has 9 aromatic carbocycles. The second kappa shape index (κ2) is 15.4. The van der Waals surface area contributed by atoms with Crippen molar-refractivity contribution in [3.8, 4) is 44.5 Å². The predicted octanol–water partition coefficient (Wildman–Crippen LogP) is 16.0. The molecule has 0 aliphatic carbocycles. The summed E-state index contributed by atoms with van der Waals surface area (Å²) in [6, 6.07) is 65.3. The Kier molecular flexibility index (Phi) is 9.96. The number of hydrogen-bond donors (Lipinski definition) is 0. The monoisotopic (exact) mass is 874 g/mol. The van der Waals surface area contributed by atoms with Gasteiger partial charge in [0.25, 0.3) is 0 Å². The lowest BCUT2D eigenvalue weighted by Crippen LogP contribution is -2.58. The van der Waals surface area contributed by atoms with Crippen LogP contribution in [-0.2, 0) is 16.2 Å². The number of hydrogen-bond acceptors (Lipinski definition) is 2. The highest BCUT2D eigenvalue weighted by molar-refractivity contribution is 8.01. The van der Waals surface area contributed by atoms with E-state index in [1.165, 1.54) is 119 Å². The minimum Gasteiger partial charge on any atom is -0.0911 e. The van der Waals surface area contributed by atoms with E-state index in [1.807, 2.05) is 23.5 Å². The molecule has 3 heteroatoms. The Morgan fingerprint density at radius 3 is 1.20 bits per heavy atom. The number of rotatable bonds is 4. The van der Waals surface area contributed by atoms with Gasteiger partial charge in [-0.15, -0.1) is 0 Å². The summed E-state index contributed by atoms with van der Waals surface area (Å²) in [7, 11) is 0. The Labute approximate surface area is 395 Å². The molecule has 0 aromatic heterocycles. The van der Waals surface area contributed by atoms with E-state index >= 15 is 0 Å². The highest BCUT2D eigenvalue weighted by atomic mass is 32.2. The number of fused-ring (bicyclic) bond motifs is 6. The standard InChI is InChI=1S/C62H55BS2/c1-60(2,3)44-21-17-20-39(33-44)40-30-41(32-43(31-40)58-49-24-15-13-22-47(49)57(38-18-11-10-12-19-38)48-23-14-16-25-50(48)58)42-34-55-59-56(35-42)65-54-37-46(62(7,8)9)27-29-52(54)63(59)51-28-26-45(61(4,5)6)36-53(51)64-55/h10-37H,1-9H3. The third-order valence-electron chi connectivity index (χ3n) is 13.8. The largest absolute Gasteiger partial charge is 0.247 e. The van der Waals surface area contributed by atoms with E-state index in [2.05, 4.69) is 232 Å². The van der Waals surface area contributed by atoms with Gasteiger partial charge in [-0.2, -0.15) is 0 Å². The van der Waals surface area contributed by atoms with Crippen LogP contribution < -0.4 is 16.4 Å². The molecule has 0 unspecified atom stereocenters. The molecule has 0 bridgehead atoms. The van der Waals surface area contributed by atoms with Crippen molar-refractivity contribution in [1.82, 2.24) is 0 Å². The van der Waals surface area contributed by atoms with Crippen LogP contribution in [0.2, 0.25) is 0 Å². The summed E-state index contributed by atoms with van der Waals surface area (Å²) in [6.45, 7) is 21.1. The maximum atomic E-state index is 2.52. The molecular weight excluding hydrogens is 820 g/mol. The van der Waals surface area contributed by atoms with Crippen molar-refractivity contribution in [2.24, 2.45) is 0 Å². The molecule has 0 spiro atoms. The maximum absolute atomic E-state index is 2.52. The molecule has 2 aliphatic heterocycles. The maximum Gasteiger partial charge on any atom is 0.247 e. The lowest BCUT2D eigenvalue weighted by Gasteiger charge is -2.35. The van der Waals surface area contributed by atoms with Crippen LogP contribution in [0.5, 0.6) is 0 Å². The molecule has 0 radical (unpaired) electrons. The third-order valence-corrected chi connectivity index (χ3v) is 16.1. The van der Waals surface area contributed by atoms with E-state index in [-0.39, 0.29) is 23.0 Å². The van der Waals surface area contributed by atoms with Gasteiger partial charge in [0.1, 0.15) is 0 Å². The minimum absolute atomic E-state index is 0.0224. The fourth-order valence-corrected chi connectivity index (χ4v) is 12.8.